The molecule has 0 bridgehead atoms. The maximum absolute atomic E-state index is 11.7. The zero-order valence-electron chi connectivity index (χ0n) is 31.5. The Balaban J connectivity index is 1.09. The highest BCUT2D eigenvalue weighted by atomic mass is 35.5. The molecule has 284 valence electrons. The Kier molecular flexibility index (Phi) is 12.5. The fraction of sp³-hybridized carbons (Fsp3) is 0.400. The monoisotopic (exact) mass is 757 g/mol. The number of nitriles is 2. The molecule has 0 radical (unpaired) electrons. The summed E-state index contributed by atoms with van der Waals surface area (Å²) in [6.45, 7) is 7.52. The van der Waals surface area contributed by atoms with Crippen LogP contribution in [0.4, 0.5) is 0 Å². The highest BCUT2D eigenvalue weighted by Crippen LogP contribution is 2.44. The minimum absolute atomic E-state index is 0.0649. The fourth-order valence-corrected chi connectivity index (χ4v) is 8.26. The third kappa shape index (κ3) is 9.43. The van der Waals surface area contributed by atoms with Gasteiger partial charge in [-0.1, -0.05) is 48.4 Å². The van der Waals surface area contributed by atoms with Crippen LogP contribution in [-0.4, -0.2) is 49.6 Å². The molecule has 2 saturated heterocycles. The Labute approximate surface area is 329 Å². The Morgan fingerprint density at radius 3 is 2.44 bits per heavy atom. The van der Waals surface area contributed by atoms with E-state index in [1.807, 2.05) is 12.1 Å². The van der Waals surface area contributed by atoms with Gasteiger partial charge in [0, 0.05) is 43.7 Å². The number of hydrogen-bond acceptors (Lipinski definition) is 8. The molecule has 2 atom stereocenters. The number of benzene rings is 4. The number of fused-ring (bicyclic) bond motifs is 1. The van der Waals surface area contributed by atoms with Gasteiger partial charge in [-0.25, -0.2) is 0 Å². The summed E-state index contributed by atoms with van der Waals surface area (Å²) in [7, 11) is 0. The summed E-state index contributed by atoms with van der Waals surface area (Å²) < 4.78 is 19.5. The second-order valence-corrected chi connectivity index (χ2v) is 15.2. The molecular weight excluding hydrogens is 710 g/mol. The number of carbonyl (C=O) groups excluding carboxylic acids is 1. The smallest absolute Gasteiger partial charge is 0.220 e. The lowest BCUT2D eigenvalue weighted by atomic mass is 9.93. The van der Waals surface area contributed by atoms with Crippen LogP contribution in [0, 0.1) is 29.6 Å². The number of amides is 1. The highest BCUT2D eigenvalue weighted by Gasteiger charge is 2.29. The van der Waals surface area contributed by atoms with Crippen LogP contribution in [0.25, 0.3) is 11.1 Å². The van der Waals surface area contributed by atoms with Crippen molar-refractivity contribution in [2.45, 2.75) is 83.6 Å². The van der Waals surface area contributed by atoms with E-state index in [2.05, 4.69) is 71.0 Å². The van der Waals surface area contributed by atoms with Crippen LogP contribution < -0.4 is 24.8 Å². The SMILES string of the molecule is Cc1c(OCCCN2CCCCC2)cccc1-c1cccc2c1CC[C@@H]2Oc1cc(OCc2cc(C#N)cc(C#N)c2)c(CN[C@H]2CCC(=O)NC2)cc1Cl. The quantitative estimate of drug-likeness (QED) is 0.123. The molecular formula is C45H48ClN5O4. The average Bonchev–Trinajstić information content (AvgIpc) is 3.63. The van der Waals surface area contributed by atoms with Gasteiger partial charge in [0.1, 0.15) is 30.0 Å². The molecule has 0 saturated carbocycles. The van der Waals surface area contributed by atoms with Crippen LogP contribution in [0.3, 0.4) is 0 Å². The number of nitrogens with zero attached hydrogens (tertiary/aromatic N) is 3. The number of hydrogen-bond donors (Lipinski definition) is 2. The zero-order chi connectivity index (χ0) is 38.1. The third-order valence-corrected chi connectivity index (χ3v) is 11.3. The lowest BCUT2D eigenvalue weighted by Crippen LogP contribution is -2.45. The van der Waals surface area contributed by atoms with Crippen molar-refractivity contribution in [1.82, 2.24) is 15.5 Å². The molecule has 0 aromatic heterocycles. The van der Waals surface area contributed by atoms with Crippen LogP contribution in [-0.2, 0) is 24.4 Å². The minimum Gasteiger partial charge on any atom is -0.493 e. The molecule has 4 aromatic rings. The summed E-state index contributed by atoms with van der Waals surface area (Å²) in [5.74, 6) is 2.11. The standard InChI is InChI=1S/C45H48ClN5O4/c1-30-36(8-6-11-41(30)53-19-7-18-51-16-3-2-4-17-51)37-9-5-10-39-38(37)13-14-42(39)55-44-24-43(54-29-33-21-31(25-47)20-32(22-33)26-48)34(23-40(44)46)27-49-35-12-15-45(52)50-28-35/h5-6,8-11,20-24,35,42,49H,2-4,7,12-19,27-29H2,1H3,(H,50,52)/t35-,42-/m0/s1. The maximum atomic E-state index is 11.7. The average molecular weight is 758 g/mol. The Morgan fingerprint density at radius 1 is 0.891 bits per heavy atom. The van der Waals surface area contributed by atoms with Gasteiger partial charge >= 0.3 is 0 Å². The van der Waals surface area contributed by atoms with Crippen molar-refractivity contribution >= 4 is 17.5 Å². The van der Waals surface area contributed by atoms with Crippen LogP contribution in [0.5, 0.6) is 17.2 Å². The van der Waals surface area contributed by atoms with Crippen molar-refractivity contribution in [3.05, 3.63) is 111 Å². The van der Waals surface area contributed by atoms with Gasteiger partial charge < -0.3 is 29.7 Å². The molecule has 2 N–H and O–H groups in total. The van der Waals surface area contributed by atoms with Crippen molar-refractivity contribution in [2.24, 2.45) is 0 Å². The first kappa shape index (κ1) is 38.2. The number of carbonyl (C=O) groups is 1. The van der Waals surface area contributed by atoms with Gasteiger partial charge in [-0.15, -0.1) is 0 Å². The number of ether oxygens (including phenoxy) is 3. The predicted octanol–water partition coefficient (Wildman–Crippen LogP) is 8.33. The minimum atomic E-state index is -0.199. The van der Waals surface area contributed by atoms with E-state index in [0.717, 1.165) is 54.7 Å². The van der Waals surface area contributed by atoms with Gasteiger partial charge in [-0.05, 0) is 122 Å². The van der Waals surface area contributed by atoms with Crippen LogP contribution in [0.1, 0.15) is 90.0 Å². The molecule has 10 heteroatoms. The number of likely N-dealkylation sites (tertiary alicyclic amines) is 1. The summed E-state index contributed by atoms with van der Waals surface area (Å²) in [5, 5.41) is 25.9. The molecule has 1 amide bonds. The first-order chi connectivity index (χ1) is 26.9. The number of halogens is 1. The predicted molar refractivity (Wildman–Crippen MR) is 213 cm³/mol. The van der Waals surface area contributed by atoms with Gasteiger partial charge in [-0.2, -0.15) is 10.5 Å². The molecule has 2 aliphatic heterocycles. The second-order valence-electron chi connectivity index (χ2n) is 14.8. The van der Waals surface area contributed by atoms with Gasteiger partial charge in [-0.3, -0.25) is 4.79 Å². The van der Waals surface area contributed by atoms with Gasteiger partial charge in [0.15, 0.2) is 0 Å². The van der Waals surface area contributed by atoms with Crippen molar-refractivity contribution < 1.29 is 19.0 Å². The molecule has 0 spiro atoms. The van der Waals surface area contributed by atoms with Crippen molar-refractivity contribution in [1.29, 1.82) is 10.5 Å². The van der Waals surface area contributed by atoms with Gasteiger partial charge in [0.2, 0.25) is 5.91 Å². The number of piperidine rings is 2. The van der Waals surface area contributed by atoms with E-state index in [1.165, 1.54) is 49.0 Å². The first-order valence-corrected chi connectivity index (χ1v) is 19.9. The fourth-order valence-electron chi connectivity index (χ4n) is 8.03. The van der Waals surface area contributed by atoms with E-state index in [4.69, 9.17) is 25.8 Å². The Morgan fingerprint density at radius 2 is 1.67 bits per heavy atom. The van der Waals surface area contributed by atoms with E-state index in [1.54, 1.807) is 18.2 Å². The summed E-state index contributed by atoms with van der Waals surface area (Å²) in [6, 6.07) is 25.9. The number of nitrogens with one attached hydrogen (secondary N) is 2. The molecule has 55 heavy (non-hydrogen) atoms. The molecule has 4 aromatic carbocycles. The molecule has 3 aliphatic rings. The van der Waals surface area contributed by atoms with Crippen LogP contribution >= 0.6 is 11.6 Å². The molecule has 2 fully saturated rings. The van der Waals surface area contributed by atoms with Gasteiger partial charge in [0.05, 0.1) is 34.9 Å². The Hall–Kier alpha value is -5.06. The third-order valence-electron chi connectivity index (χ3n) is 11.0. The van der Waals surface area contributed by atoms with Gasteiger partial charge in [0.25, 0.3) is 0 Å². The van der Waals surface area contributed by atoms with Crippen molar-refractivity contribution in [3.8, 4) is 40.5 Å². The Bertz CT molecular complexity index is 2060. The van der Waals surface area contributed by atoms with E-state index in [-0.39, 0.29) is 24.7 Å². The maximum Gasteiger partial charge on any atom is 0.220 e. The van der Waals surface area contributed by atoms with E-state index in [9.17, 15) is 15.3 Å². The molecule has 7 rings (SSSR count). The highest BCUT2D eigenvalue weighted by molar-refractivity contribution is 6.32. The van der Waals surface area contributed by atoms with Crippen molar-refractivity contribution in [3.63, 3.8) is 0 Å². The number of rotatable bonds is 14. The van der Waals surface area contributed by atoms with Crippen molar-refractivity contribution in [2.75, 3.05) is 32.8 Å². The molecule has 1 aliphatic carbocycles. The molecule has 0 unspecified atom stereocenters. The van der Waals surface area contributed by atoms with E-state index < -0.39 is 0 Å². The topological polar surface area (TPSA) is 120 Å². The summed E-state index contributed by atoms with van der Waals surface area (Å²) in [6.07, 6.45) is 7.68. The second kappa shape index (κ2) is 18.0. The summed E-state index contributed by atoms with van der Waals surface area (Å²) >= 11 is 6.95. The lowest BCUT2D eigenvalue weighted by Gasteiger charge is -2.26. The summed E-state index contributed by atoms with van der Waals surface area (Å²) in [5.41, 5.74) is 8.28. The normalized spacial score (nSPS) is 18.1. The first-order valence-electron chi connectivity index (χ1n) is 19.5. The van der Waals surface area contributed by atoms with E-state index in [0.29, 0.717) is 59.3 Å². The van der Waals surface area contributed by atoms with Crippen LogP contribution in [0.15, 0.2) is 66.7 Å². The summed E-state index contributed by atoms with van der Waals surface area (Å²) in [4.78, 5) is 14.3. The largest absolute Gasteiger partial charge is 0.493 e. The van der Waals surface area contributed by atoms with E-state index >= 15 is 0 Å². The lowest BCUT2D eigenvalue weighted by molar-refractivity contribution is -0.122. The van der Waals surface area contributed by atoms with Crippen LogP contribution in [0.2, 0.25) is 5.02 Å². The zero-order valence-corrected chi connectivity index (χ0v) is 32.2. The molecule has 2 heterocycles. The molecule has 9 nitrogen and oxygen atoms in total.